The Balaban J connectivity index is 2.50. The first-order valence-electron chi connectivity index (χ1n) is 4.48. The molecule has 0 amide bonds. The molecular formula is C12H15O. The average molecular weight is 175 g/mol. The number of hydrogen-bond acceptors (Lipinski definition) is 1. The van der Waals surface area contributed by atoms with Crippen molar-refractivity contribution in [2.24, 2.45) is 0 Å². The Labute approximate surface area is 80.0 Å². The molecule has 0 unspecified atom stereocenters. The van der Waals surface area contributed by atoms with Gasteiger partial charge in [-0.05, 0) is 37.5 Å². The fourth-order valence-corrected chi connectivity index (χ4v) is 1.05. The van der Waals surface area contributed by atoms with Crippen LogP contribution < -0.4 is 4.74 Å². The lowest BCUT2D eigenvalue weighted by atomic mass is 10.2. The lowest BCUT2D eigenvalue weighted by Gasteiger charge is -2.05. The number of benzene rings is 1. The van der Waals surface area contributed by atoms with Gasteiger partial charge in [0, 0.05) is 0 Å². The van der Waals surface area contributed by atoms with Crippen LogP contribution in [0.4, 0.5) is 0 Å². The molecule has 0 saturated heterocycles. The second-order valence-electron chi connectivity index (χ2n) is 2.82. The zero-order valence-corrected chi connectivity index (χ0v) is 7.83. The van der Waals surface area contributed by atoms with E-state index in [9.17, 15) is 0 Å². The number of ether oxygens (including phenoxy) is 1. The third kappa shape index (κ3) is 3.32. The molecule has 13 heavy (non-hydrogen) atoms. The van der Waals surface area contributed by atoms with E-state index in [-0.39, 0.29) is 0 Å². The van der Waals surface area contributed by atoms with Gasteiger partial charge in [0.25, 0.3) is 0 Å². The van der Waals surface area contributed by atoms with Crippen LogP contribution in [0.5, 0.6) is 5.75 Å². The van der Waals surface area contributed by atoms with Gasteiger partial charge in [-0.25, -0.2) is 0 Å². The van der Waals surface area contributed by atoms with E-state index in [4.69, 9.17) is 4.74 Å². The summed E-state index contributed by atoms with van der Waals surface area (Å²) in [6.45, 7) is 8.16. The van der Waals surface area contributed by atoms with Crippen LogP contribution in [0, 0.1) is 6.92 Å². The van der Waals surface area contributed by atoms with Crippen LogP contribution in [0.2, 0.25) is 0 Å². The minimum absolute atomic E-state index is 0.699. The zero-order chi connectivity index (χ0) is 9.52. The Morgan fingerprint density at radius 2 is 2.23 bits per heavy atom. The number of rotatable bonds is 5. The van der Waals surface area contributed by atoms with Crippen molar-refractivity contribution in [2.45, 2.75) is 12.8 Å². The Morgan fingerprint density at radius 1 is 1.38 bits per heavy atom. The summed E-state index contributed by atoms with van der Waals surface area (Å²) in [6, 6.07) is 8.02. The van der Waals surface area contributed by atoms with Crippen LogP contribution in [-0.4, -0.2) is 6.61 Å². The van der Waals surface area contributed by atoms with Gasteiger partial charge in [0.1, 0.15) is 5.75 Å². The van der Waals surface area contributed by atoms with Crippen molar-refractivity contribution in [2.75, 3.05) is 6.61 Å². The van der Waals surface area contributed by atoms with E-state index in [1.807, 2.05) is 30.3 Å². The predicted molar refractivity (Wildman–Crippen MR) is 55.8 cm³/mol. The van der Waals surface area contributed by atoms with Gasteiger partial charge in [-0.15, -0.1) is 6.58 Å². The fraction of sp³-hybridized carbons (Fsp3) is 0.250. The highest BCUT2D eigenvalue weighted by atomic mass is 16.5. The van der Waals surface area contributed by atoms with Crippen molar-refractivity contribution >= 4 is 0 Å². The molecule has 0 aromatic heterocycles. The van der Waals surface area contributed by atoms with Crippen molar-refractivity contribution in [1.82, 2.24) is 0 Å². The molecule has 1 radical (unpaired) electrons. The lowest BCUT2D eigenvalue weighted by molar-refractivity contribution is 0.325. The van der Waals surface area contributed by atoms with E-state index in [2.05, 4.69) is 13.5 Å². The van der Waals surface area contributed by atoms with E-state index in [0.717, 1.165) is 18.6 Å². The molecule has 0 N–H and O–H groups in total. The average Bonchev–Trinajstić information content (AvgIpc) is 2.19. The highest BCUT2D eigenvalue weighted by Crippen LogP contribution is 2.13. The molecule has 0 bridgehead atoms. The molecule has 0 aliphatic heterocycles. The maximum atomic E-state index is 5.49. The minimum Gasteiger partial charge on any atom is -0.493 e. The molecule has 1 nitrogen and oxygen atoms in total. The first-order valence-corrected chi connectivity index (χ1v) is 4.48. The Hall–Kier alpha value is -1.24. The van der Waals surface area contributed by atoms with E-state index in [1.165, 1.54) is 5.56 Å². The summed E-state index contributed by atoms with van der Waals surface area (Å²) in [6.07, 6.45) is 3.54. The molecule has 69 valence electrons. The van der Waals surface area contributed by atoms with Gasteiger partial charge in [-0.1, -0.05) is 18.2 Å². The molecule has 1 heteroatoms. The molecule has 0 spiro atoms. The molecule has 1 rings (SSSR count). The van der Waals surface area contributed by atoms with Crippen LogP contribution in [0.1, 0.15) is 12.0 Å². The highest BCUT2D eigenvalue weighted by Gasteiger charge is 1.93. The summed E-state index contributed by atoms with van der Waals surface area (Å²) in [5.41, 5.74) is 1.20. The Morgan fingerprint density at radius 3 is 2.92 bits per heavy atom. The SMILES string of the molecule is [CH2]Cc1cccc(OCCC=C)c1. The normalized spacial score (nSPS) is 9.62. The Kier molecular flexibility index (Phi) is 4.10. The van der Waals surface area contributed by atoms with Crippen molar-refractivity contribution in [1.29, 1.82) is 0 Å². The summed E-state index contributed by atoms with van der Waals surface area (Å²) in [5, 5.41) is 0. The fourth-order valence-electron chi connectivity index (χ4n) is 1.05. The molecule has 0 saturated carbocycles. The molecule has 0 fully saturated rings. The van der Waals surface area contributed by atoms with Gasteiger partial charge in [0.15, 0.2) is 0 Å². The van der Waals surface area contributed by atoms with Gasteiger partial charge < -0.3 is 4.74 Å². The molecule has 0 aliphatic rings. The standard InChI is InChI=1S/C12H15O/c1-3-5-9-13-12-8-6-7-11(4-2)10-12/h3,6-8,10H,1-2,4-5,9H2. The van der Waals surface area contributed by atoms with E-state index < -0.39 is 0 Å². The summed E-state index contributed by atoms with van der Waals surface area (Å²) < 4.78 is 5.49. The number of hydrogen-bond donors (Lipinski definition) is 0. The highest BCUT2D eigenvalue weighted by molar-refractivity contribution is 5.28. The second-order valence-corrected chi connectivity index (χ2v) is 2.82. The molecular weight excluding hydrogens is 160 g/mol. The van der Waals surface area contributed by atoms with Gasteiger partial charge in [0.05, 0.1) is 6.61 Å². The van der Waals surface area contributed by atoms with Crippen molar-refractivity contribution < 1.29 is 4.74 Å². The van der Waals surface area contributed by atoms with E-state index in [0.29, 0.717) is 6.61 Å². The zero-order valence-electron chi connectivity index (χ0n) is 7.83. The first-order chi connectivity index (χ1) is 6.36. The van der Waals surface area contributed by atoms with Crippen LogP contribution >= 0.6 is 0 Å². The largest absolute Gasteiger partial charge is 0.493 e. The molecule has 1 aromatic carbocycles. The minimum atomic E-state index is 0.699. The maximum Gasteiger partial charge on any atom is 0.119 e. The molecule has 0 atom stereocenters. The molecule has 1 aromatic rings. The van der Waals surface area contributed by atoms with Crippen LogP contribution in [0.3, 0.4) is 0 Å². The van der Waals surface area contributed by atoms with Crippen LogP contribution in [0.25, 0.3) is 0 Å². The third-order valence-electron chi connectivity index (χ3n) is 1.78. The van der Waals surface area contributed by atoms with Crippen LogP contribution in [-0.2, 0) is 6.42 Å². The summed E-state index contributed by atoms with van der Waals surface area (Å²) in [5.74, 6) is 0.919. The second kappa shape index (κ2) is 5.41. The smallest absolute Gasteiger partial charge is 0.119 e. The topological polar surface area (TPSA) is 9.23 Å². The summed E-state index contributed by atoms with van der Waals surface area (Å²) >= 11 is 0. The summed E-state index contributed by atoms with van der Waals surface area (Å²) in [7, 11) is 0. The van der Waals surface area contributed by atoms with Crippen molar-refractivity contribution in [3.8, 4) is 5.75 Å². The quantitative estimate of drug-likeness (QED) is 0.493. The van der Waals surface area contributed by atoms with Gasteiger partial charge in [-0.3, -0.25) is 0 Å². The monoisotopic (exact) mass is 175 g/mol. The van der Waals surface area contributed by atoms with Gasteiger partial charge in [-0.2, -0.15) is 0 Å². The molecule has 0 heterocycles. The lowest BCUT2D eigenvalue weighted by Crippen LogP contribution is -1.95. The third-order valence-corrected chi connectivity index (χ3v) is 1.78. The van der Waals surface area contributed by atoms with Crippen LogP contribution in [0.15, 0.2) is 36.9 Å². The predicted octanol–water partition coefficient (Wildman–Crippen LogP) is 3.02. The first kappa shape index (κ1) is 9.85. The van der Waals surface area contributed by atoms with E-state index >= 15 is 0 Å². The van der Waals surface area contributed by atoms with Gasteiger partial charge >= 0.3 is 0 Å². The molecule has 0 aliphatic carbocycles. The summed E-state index contributed by atoms with van der Waals surface area (Å²) in [4.78, 5) is 0. The van der Waals surface area contributed by atoms with Crippen molar-refractivity contribution in [3.63, 3.8) is 0 Å². The Bertz CT molecular complexity index is 266. The van der Waals surface area contributed by atoms with Gasteiger partial charge in [0.2, 0.25) is 0 Å². The van der Waals surface area contributed by atoms with Crippen molar-refractivity contribution in [3.05, 3.63) is 49.4 Å². The van der Waals surface area contributed by atoms with E-state index in [1.54, 1.807) is 0 Å². The maximum absolute atomic E-state index is 5.49.